The summed E-state index contributed by atoms with van der Waals surface area (Å²) in [7, 11) is 0. The van der Waals surface area contributed by atoms with Gasteiger partial charge in [-0.05, 0) is 29.0 Å². The fourth-order valence-electron chi connectivity index (χ4n) is 3.72. The highest BCUT2D eigenvalue weighted by atomic mass is 32.1. The van der Waals surface area contributed by atoms with E-state index < -0.39 is 0 Å². The van der Waals surface area contributed by atoms with E-state index in [9.17, 15) is 0 Å². The molecule has 3 heteroatoms. The molecule has 1 aromatic heterocycles. The minimum Gasteiger partial charge on any atom is -0.279 e. The lowest BCUT2D eigenvalue weighted by Crippen LogP contribution is -2.46. The first-order valence-corrected chi connectivity index (χ1v) is 9.87. The van der Waals surface area contributed by atoms with E-state index in [0.29, 0.717) is 6.17 Å². The Balaban J connectivity index is 1.59. The number of benzene rings is 2. The molecule has 1 aliphatic rings. The van der Waals surface area contributed by atoms with Gasteiger partial charge in [0.2, 0.25) is 0 Å². The summed E-state index contributed by atoms with van der Waals surface area (Å²) in [5, 5.41) is 2.20. The van der Waals surface area contributed by atoms with Gasteiger partial charge in [0.15, 0.2) is 0 Å². The summed E-state index contributed by atoms with van der Waals surface area (Å²) in [6.07, 6.45) is 1.59. The zero-order valence-electron chi connectivity index (χ0n) is 14.4. The molecular weight excluding hydrogens is 324 g/mol. The van der Waals surface area contributed by atoms with Crippen LogP contribution in [0, 0.1) is 0 Å². The maximum Gasteiger partial charge on any atom is 0.0986 e. The summed E-state index contributed by atoms with van der Waals surface area (Å²) in [6, 6.07) is 26.2. The van der Waals surface area contributed by atoms with E-state index in [0.717, 1.165) is 26.2 Å². The zero-order valence-corrected chi connectivity index (χ0v) is 15.2. The van der Waals surface area contributed by atoms with Gasteiger partial charge >= 0.3 is 0 Å². The standard InChI is InChI=1S/C22H24N2S/c1-3-9-19(10-4-1)17-23-14-8-15-24(18-20-11-5-2-6-12-20)22(23)21-13-7-16-25-21/h1-7,9-13,16,22H,8,14-15,17-18H2. The lowest BCUT2D eigenvalue weighted by Gasteiger charge is -2.43. The Morgan fingerprint density at radius 3 is 1.76 bits per heavy atom. The van der Waals surface area contributed by atoms with Crippen molar-refractivity contribution in [2.24, 2.45) is 0 Å². The van der Waals surface area contributed by atoms with E-state index in [4.69, 9.17) is 0 Å². The minimum absolute atomic E-state index is 0.370. The van der Waals surface area contributed by atoms with E-state index in [1.807, 2.05) is 11.3 Å². The number of rotatable bonds is 5. The third kappa shape index (κ3) is 4.01. The molecule has 25 heavy (non-hydrogen) atoms. The molecule has 2 aromatic carbocycles. The van der Waals surface area contributed by atoms with Crippen LogP contribution >= 0.6 is 11.3 Å². The molecule has 1 aliphatic heterocycles. The van der Waals surface area contributed by atoms with Crippen LogP contribution in [0.15, 0.2) is 78.2 Å². The maximum absolute atomic E-state index is 2.63. The van der Waals surface area contributed by atoms with Crippen LogP contribution in [0.4, 0.5) is 0 Å². The van der Waals surface area contributed by atoms with Crippen LogP contribution < -0.4 is 0 Å². The largest absolute Gasteiger partial charge is 0.279 e. The summed E-state index contributed by atoms with van der Waals surface area (Å²) < 4.78 is 0. The SMILES string of the molecule is c1ccc(CN2CCCN(Cc3ccccc3)C2c2cccs2)cc1. The Hall–Kier alpha value is -1.94. The van der Waals surface area contributed by atoms with Gasteiger partial charge in [-0.2, -0.15) is 0 Å². The molecule has 0 unspecified atom stereocenters. The predicted molar refractivity (Wildman–Crippen MR) is 105 cm³/mol. The van der Waals surface area contributed by atoms with Crippen molar-refractivity contribution in [1.82, 2.24) is 9.80 Å². The molecule has 128 valence electrons. The number of hydrogen-bond donors (Lipinski definition) is 0. The Kier molecular flexibility index (Phi) is 5.26. The van der Waals surface area contributed by atoms with Gasteiger partial charge in [0, 0.05) is 31.1 Å². The molecule has 0 bridgehead atoms. The topological polar surface area (TPSA) is 6.48 Å². The third-order valence-electron chi connectivity index (χ3n) is 4.84. The lowest BCUT2D eigenvalue weighted by molar-refractivity contribution is -0.00687. The van der Waals surface area contributed by atoms with Crippen LogP contribution in [-0.4, -0.2) is 22.9 Å². The molecule has 3 aromatic rings. The Morgan fingerprint density at radius 1 is 0.720 bits per heavy atom. The van der Waals surface area contributed by atoms with Crippen molar-refractivity contribution in [3.05, 3.63) is 94.2 Å². The molecule has 0 amide bonds. The number of nitrogens with zero attached hydrogens (tertiary/aromatic N) is 2. The van der Waals surface area contributed by atoms with Gasteiger partial charge in [0.05, 0.1) is 6.17 Å². The van der Waals surface area contributed by atoms with E-state index in [2.05, 4.69) is 88.0 Å². The fraction of sp³-hybridized carbons (Fsp3) is 0.273. The molecule has 0 radical (unpaired) electrons. The van der Waals surface area contributed by atoms with E-state index in [1.54, 1.807) is 0 Å². The van der Waals surface area contributed by atoms with Crippen molar-refractivity contribution >= 4 is 11.3 Å². The van der Waals surface area contributed by atoms with E-state index in [-0.39, 0.29) is 0 Å². The molecule has 0 aliphatic carbocycles. The predicted octanol–water partition coefficient (Wildman–Crippen LogP) is 5.15. The second-order valence-electron chi connectivity index (χ2n) is 6.65. The quantitative estimate of drug-likeness (QED) is 0.629. The van der Waals surface area contributed by atoms with Gasteiger partial charge in [-0.1, -0.05) is 66.7 Å². The molecule has 0 atom stereocenters. The van der Waals surface area contributed by atoms with Gasteiger partial charge in [-0.15, -0.1) is 11.3 Å². The Morgan fingerprint density at radius 2 is 1.28 bits per heavy atom. The number of thiophene rings is 1. The smallest absolute Gasteiger partial charge is 0.0986 e. The second-order valence-corrected chi connectivity index (χ2v) is 7.63. The summed E-state index contributed by atoms with van der Waals surface area (Å²) in [5.41, 5.74) is 2.79. The van der Waals surface area contributed by atoms with E-state index >= 15 is 0 Å². The van der Waals surface area contributed by atoms with Crippen LogP contribution in [0.2, 0.25) is 0 Å². The van der Waals surface area contributed by atoms with Crippen LogP contribution in [0.1, 0.15) is 28.6 Å². The van der Waals surface area contributed by atoms with Crippen molar-refractivity contribution < 1.29 is 0 Å². The maximum atomic E-state index is 2.63. The first-order valence-electron chi connectivity index (χ1n) is 8.99. The molecule has 4 rings (SSSR count). The minimum atomic E-state index is 0.370. The van der Waals surface area contributed by atoms with Crippen LogP contribution in [0.3, 0.4) is 0 Å². The Bertz CT molecular complexity index is 706. The molecule has 2 heterocycles. The van der Waals surface area contributed by atoms with Crippen LogP contribution in [-0.2, 0) is 13.1 Å². The summed E-state index contributed by atoms with van der Waals surface area (Å²) >= 11 is 1.87. The van der Waals surface area contributed by atoms with Gasteiger partial charge in [-0.3, -0.25) is 9.80 Å². The summed E-state index contributed by atoms with van der Waals surface area (Å²) in [6.45, 7) is 4.33. The van der Waals surface area contributed by atoms with Gasteiger partial charge in [0.1, 0.15) is 0 Å². The van der Waals surface area contributed by atoms with Crippen molar-refractivity contribution in [3.63, 3.8) is 0 Å². The van der Waals surface area contributed by atoms with Crippen LogP contribution in [0.5, 0.6) is 0 Å². The molecule has 1 fully saturated rings. The van der Waals surface area contributed by atoms with Crippen molar-refractivity contribution in [2.75, 3.05) is 13.1 Å². The average Bonchev–Trinajstić information content (AvgIpc) is 3.18. The highest BCUT2D eigenvalue weighted by Gasteiger charge is 2.31. The Labute approximate surface area is 154 Å². The van der Waals surface area contributed by atoms with Gasteiger partial charge in [0.25, 0.3) is 0 Å². The third-order valence-corrected chi connectivity index (χ3v) is 5.75. The molecule has 1 saturated heterocycles. The average molecular weight is 349 g/mol. The summed E-state index contributed by atoms with van der Waals surface area (Å²) in [4.78, 5) is 6.72. The van der Waals surface area contributed by atoms with Crippen molar-refractivity contribution in [2.45, 2.75) is 25.7 Å². The first kappa shape index (κ1) is 16.5. The van der Waals surface area contributed by atoms with Crippen molar-refractivity contribution in [3.8, 4) is 0 Å². The van der Waals surface area contributed by atoms with E-state index in [1.165, 1.54) is 22.4 Å². The molecule has 0 spiro atoms. The molecule has 2 nitrogen and oxygen atoms in total. The summed E-state index contributed by atoms with van der Waals surface area (Å²) in [5.74, 6) is 0. The van der Waals surface area contributed by atoms with Gasteiger partial charge < -0.3 is 0 Å². The lowest BCUT2D eigenvalue weighted by atomic mass is 10.1. The van der Waals surface area contributed by atoms with Crippen molar-refractivity contribution in [1.29, 1.82) is 0 Å². The molecule has 0 N–H and O–H groups in total. The van der Waals surface area contributed by atoms with Gasteiger partial charge in [-0.25, -0.2) is 0 Å². The zero-order chi connectivity index (χ0) is 16.9. The first-order chi connectivity index (χ1) is 12.4. The normalized spacial score (nSPS) is 17.0. The monoisotopic (exact) mass is 348 g/mol. The fourth-order valence-corrected chi connectivity index (χ4v) is 4.61. The van der Waals surface area contributed by atoms with Crippen LogP contribution in [0.25, 0.3) is 0 Å². The molecular formula is C22H24N2S. The second kappa shape index (κ2) is 7.96. The highest BCUT2D eigenvalue weighted by Crippen LogP contribution is 2.34. The molecule has 0 saturated carbocycles. The number of hydrogen-bond acceptors (Lipinski definition) is 3. The highest BCUT2D eigenvalue weighted by molar-refractivity contribution is 7.10.